The number of rotatable bonds is 0. The summed E-state index contributed by atoms with van der Waals surface area (Å²) < 4.78 is 0. The van der Waals surface area contributed by atoms with Crippen LogP contribution in [0.5, 0.6) is 0 Å². The maximum atomic E-state index is 2.49. The van der Waals surface area contributed by atoms with Crippen molar-refractivity contribution in [1.29, 1.82) is 0 Å². The predicted molar refractivity (Wildman–Crippen MR) is 48.4 cm³/mol. The van der Waals surface area contributed by atoms with Crippen molar-refractivity contribution in [2.45, 2.75) is 45.4 Å². The molecular formula is C11H18. The first-order valence-electron chi connectivity index (χ1n) is 4.98. The van der Waals surface area contributed by atoms with Crippen LogP contribution in [-0.2, 0) is 0 Å². The maximum Gasteiger partial charge on any atom is -0.0179 e. The molecule has 0 saturated heterocycles. The SMILES string of the molecule is C[C@@]12CCC=C[C@H]1CCCC2. The van der Waals surface area contributed by atoms with E-state index in [2.05, 4.69) is 19.1 Å². The molecular weight excluding hydrogens is 132 g/mol. The van der Waals surface area contributed by atoms with E-state index < -0.39 is 0 Å². The van der Waals surface area contributed by atoms with Crippen molar-refractivity contribution in [2.75, 3.05) is 0 Å². The highest BCUT2D eigenvalue weighted by molar-refractivity contribution is 5.03. The Balaban J connectivity index is 2.16. The Morgan fingerprint density at radius 2 is 2.18 bits per heavy atom. The summed E-state index contributed by atoms with van der Waals surface area (Å²) in [4.78, 5) is 0. The van der Waals surface area contributed by atoms with Gasteiger partial charge in [0.15, 0.2) is 0 Å². The quantitative estimate of drug-likeness (QED) is 0.463. The normalized spacial score (nSPS) is 43.5. The standard InChI is InChI=1S/C11H18/c1-11-8-4-2-6-10(11)7-3-5-9-11/h2,6,10H,3-5,7-9H2,1H3/t10-,11-/m0/s1. The molecule has 0 amide bonds. The Morgan fingerprint density at radius 3 is 3.00 bits per heavy atom. The molecule has 2 aliphatic carbocycles. The van der Waals surface area contributed by atoms with Crippen molar-refractivity contribution in [3.8, 4) is 0 Å². The third-order valence-electron chi connectivity index (χ3n) is 3.66. The van der Waals surface area contributed by atoms with E-state index in [1.165, 1.54) is 38.5 Å². The van der Waals surface area contributed by atoms with Gasteiger partial charge in [-0.05, 0) is 37.0 Å². The lowest BCUT2D eigenvalue weighted by atomic mass is 9.63. The van der Waals surface area contributed by atoms with E-state index in [-0.39, 0.29) is 0 Å². The molecule has 2 rings (SSSR count). The highest BCUT2D eigenvalue weighted by Crippen LogP contribution is 2.47. The molecule has 0 aromatic rings. The smallest absolute Gasteiger partial charge is 0.0179 e. The van der Waals surface area contributed by atoms with Gasteiger partial charge < -0.3 is 0 Å². The minimum Gasteiger partial charge on any atom is -0.0882 e. The van der Waals surface area contributed by atoms with Gasteiger partial charge in [0.2, 0.25) is 0 Å². The van der Waals surface area contributed by atoms with E-state index in [4.69, 9.17) is 0 Å². The van der Waals surface area contributed by atoms with Crippen molar-refractivity contribution in [3.63, 3.8) is 0 Å². The van der Waals surface area contributed by atoms with E-state index in [0.717, 1.165) is 5.92 Å². The van der Waals surface area contributed by atoms with Crippen LogP contribution in [0.2, 0.25) is 0 Å². The van der Waals surface area contributed by atoms with Gasteiger partial charge in [0.05, 0.1) is 0 Å². The van der Waals surface area contributed by atoms with Crippen LogP contribution in [0.25, 0.3) is 0 Å². The van der Waals surface area contributed by atoms with Crippen LogP contribution in [0.15, 0.2) is 12.2 Å². The first-order chi connectivity index (χ1) is 5.31. The Morgan fingerprint density at radius 1 is 1.27 bits per heavy atom. The lowest BCUT2D eigenvalue weighted by molar-refractivity contribution is 0.132. The van der Waals surface area contributed by atoms with Crippen molar-refractivity contribution in [3.05, 3.63) is 12.2 Å². The van der Waals surface area contributed by atoms with Crippen LogP contribution < -0.4 is 0 Å². The summed E-state index contributed by atoms with van der Waals surface area (Å²) in [7, 11) is 0. The summed E-state index contributed by atoms with van der Waals surface area (Å²) in [6, 6.07) is 0. The lowest BCUT2D eigenvalue weighted by Gasteiger charge is -2.42. The Labute approximate surface area is 69.7 Å². The molecule has 1 fully saturated rings. The van der Waals surface area contributed by atoms with Crippen molar-refractivity contribution >= 4 is 0 Å². The Kier molecular flexibility index (Phi) is 1.78. The fraction of sp³-hybridized carbons (Fsp3) is 0.818. The molecule has 0 aromatic carbocycles. The molecule has 0 heterocycles. The molecule has 0 heteroatoms. The van der Waals surface area contributed by atoms with Crippen LogP contribution in [0.4, 0.5) is 0 Å². The van der Waals surface area contributed by atoms with Crippen LogP contribution >= 0.6 is 0 Å². The fourth-order valence-corrected chi connectivity index (χ4v) is 2.74. The van der Waals surface area contributed by atoms with Gasteiger partial charge in [-0.15, -0.1) is 0 Å². The van der Waals surface area contributed by atoms with Gasteiger partial charge in [0, 0.05) is 0 Å². The number of allylic oxidation sites excluding steroid dienone is 2. The zero-order chi connectivity index (χ0) is 7.73. The first-order valence-corrected chi connectivity index (χ1v) is 4.98. The molecule has 1 saturated carbocycles. The van der Waals surface area contributed by atoms with E-state index in [9.17, 15) is 0 Å². The van der Waals surface area contributed by atoms with Crippen LogP contribution in [-0.4, -0.2) is 0 Å². The highest BCUT2D eigenvalue weighted by Gasteiger charge is 2.35. The molecule has 0 radical (unpaired) electrons. The molecule has 0 nitrogen and oxygen atoms in total. The molecule has 0 spiro atoms. The molecule has 2 aliphatic rings. The van der Waals surface area contributed by atoms with Gasteiger partial charge in [-0.2, -0.15) is 0 Å². The zero-order valence-corrected chi connectivity index (χ0v) is 7.47. The summed E-state index contributed by atoms with van der Waals surface area (Å²) in [6.07, 6.45) is 13.5. The zero-order valence-electron chi connectivity index (χ0n) is 7.47. The molecule has 0 bridgehead atoms. The minimum atomic E-state index is 0.688. The number of hydrogen-bond donors (Lipinski definition) is 0. The van der Waals surface area contributed by atoms with Gasteiger partial charge in [-0.25, -0.2) is 0 Å². The number of fused-ring (bicyclic) bond motifs is 1. The Hall–Kier alpha value is -0.260. The first kappa shape index (κ1) is 7.39. The third kappa shape index (κ3) is 1.23. The summed E-state index contributed by atoms with van der Waals surface area (Å²) in [5, 5.41) is 0. The van der Waals surface area contributed by atoms with Gasteiger partial charge in [0.1, 0.15) is 0 Å². The molecule has 0 unspecified atom stereocenters. The molecule has 0 aromatic heterocycles. The van der Waals surface area contributed by atoms with Crippen LogP contribution in [0.3, 0.4) is 0 Å². The lowest BCUT2D eigenvalue weighted by Crippen LogP contribution is -2.31. The van der Waals surface area contributed by atoms with Gasteiger partial charge in [-0.3, -0.25) is 0 Å². The minimum absolute atomic E-state index is 0.688. The van der Waals surface area contributed by atoms with Crippen molar-refractivity contribution < 1.29 is 0 Å². The third-order valence-corrected chi connectivity index (χ3v) is 3.66. The summed E-state index contributed by atoms with van der Waals surface area (Å²) in [6.45, 7) is 2.49. The highest BCUT2D eigenvalue weighted by atomic mass is 14.4. The second-order valence-corrected chi connectivity index (χ2v) is 4.47. The average molecular weight is 150 g/mol. The molecule has 0 aliphatic heterocycles. The van der Waals surface area contributed by atoms with Gasteiger partial charge in [0.25, 0.3) is 0 Å². The van der Waals surface area contributed by atoms with E-state index in [1.54, 1.807) is 0 Å². The molecule has 0 N–H and O–H groups in total. The maximum absolute atomic E-state index is 2.49. The largest absolute Gasteiger partial charge is 0.0882 e. The second-order valence-electron chi connectivity index (χ2n) is 4.47. The average Bonchev–Trinajstić information content (AvgIpc) is 2.03. The topological polar surface area (TPSA) is 0 Å². The van der Waals surface area contributed by atoms with Crippen LogP contribution in [0.1, 0.15) is 45.4 Å². The van der Waals surface area contributed by atoms with Crippen LogP contribution in [0, 0.1) is 11.3 Å². The molecule has 62 valence electrons. The molecule has 2 atom stereocenters. The Bertz CT molecular complexity index is 169. The summed E-state index contributed by atoms with van der Waals surface area (Å²) in [5.74, 6) is 0.921. The van der Waals surface area contributed by atoms with E-state index in [1.807, 2.05) is 0 Å². The summed E-state index contributed by atoms with van der Waals surface area (Å²) in [5.41, 5.74) is 0.688. The monoisotopic (exact) mass is 150 g/mol. The van der Waals surface area contributed by atoms with Crippen molar-refractivity contribution in [1.82, 2.24) is 0 Å². The van der Waals surface area contributed by atoms with E-state index in [0.29, 0.717) is 5.41 Å². The molecule has 11 heavy (non-hydrogen) atoms. The van der Waals surface area contributed by atoms with Crippen molar-refractivity contribution in [2.24, 2.45) is 11.3 Å². The van der Waals surface area contributed by atoms with Gasteiger partial charge in [-0.1, -0.05) is 31.9 Å². The predicted octanol–water partition coefficient (Wildman–Crippen LogP) is 3.53. The fourth-order valence-electron chi connectivity index (χ4n) is 2.74. The van der Waals surface area contributed by atoms with Gasteiger partial charge >= 0.3 is 0 Å². The second kappa shape index (κ2) is 2.66. The van der Waals surface area contributed by atoms with E-state index >= 15 is 0 Å². The number of hydrogen-bond acceptors (Lipinski definition) is 0. The summed E-state index contributed by atoms with van der Waals surface area (Å²) >= 11 is 0.